The topological polar surface area (TPSA) is 255 Å². The van der Waals surface area contributed by atoms with Crippen LogP contribution in [0.5, 0.6) is 0 Å². The Kier molecular flexibility index (Phi) is 34.8. The van der Waals surface area contributed by atoms with Gasteiger partial charge in [0.15, 0.2) is 31.5 Å². The first kappa shape index (κ1) is 93.4. The van der Waals surface area contributed by atoms with Gasteiger partial charge in [-0.1, -0.05) is 317 Å². The van der Waals surface area contributed by atoms with E-state index in [1.165, 1.54) is 0 Å². The van der Waals surface area contributed by atoms with Gasteiger partial charge in [0.25, 0.3) is 0 Å². The largest absolute Gasteiger partial charge is 0.387 e. The van der Waals surface area contributed by atoms with Gasteiger partial charge in [-0.25, -0.2) is 0 Å². The highest BCUT2D eigenvalue weighted by Crippen LogP contribution is 2.46. The third-order valence-corrected chi connectivity index (χ3v) is 26.8. The molecule has 6 aliphatic rings. The molecule has 0 radical (unpaired) electrons. The molecule has 14 unspecified atom stereocenters. The summed E-state index contributed by atoms with van der Waals surface area (Å²) < 4.78 is 128. The van der Waals surface area contributed by atoms with Gasteiger partial charge in [-0.3, -0.25) is 0 Å². The summed E-state index contributed by atoms with van der Waals surface area (Å²) in [6.45, 7) is 24.0. The lowest BCUT2D eigenvalue weighted by atomic mass is 9.81. The van der Waals surface area contributed by atoms with Crippen molar-refractivity contribution >= 4 is 0 Å². The number of nitrogens with zero attached hydrogens (tertiary/aromatic N) is 3. The number of ether oxygens (including phenoxy) is 18. The van der Waals surface area contributed by atoms with Crippen LogP contribution in [0.4, 0.5) is 0 Å². The SMILES string of the molecule is CCC1O[C@H](OC2[C@@H](OCC3O[C@H](O[C@@H]4C(COCc5ccccc5)O[C@H](OC5C(OCc6ccccc6)C(OCc6ccccc6)C(OCc6ccccc6)[C@H](O)[C@H]5O)C(N=[N+]=[N-])[C@H]4C)C(OCc4ccccc4)[C@@H](C)[C@@H]3C)OC(COCc3ccccc3)[C@@H](C)[C@@H]2C)C(O[C@H]2OC(COCc3ccccc3)[C@@H](C)[C@H](C)C2OCc2ccccc2)[C@@H](C)[C@@H]1C. The fraction of sp³-hybridized carbons (Fsp3) is 0.529. The molecule has 8 aromatic rings. The van der Waals surface area contributed by atoms with E-state index in [1.54, 1.807) is 0 Å². The fourth-order valence-electron chi connectivity index (χ4n) is 18.3. The molecule has 31 atom stereocenters. The van der Waals surface area contributed by atoms with Crippen LogP contribution in [0.2, 0.25) is 0 Å². The van der Waals surface area contributed by atoms with E-state index in [-0.39, 0.29) is 112 Å². The van der Waals surface area contributed by atoms with E-state index in [1.807, 2.05) is 213 Å². The quantitative estimate of drug-likeness (QED) is 0.0205. The van der Waals surface area contributed by atoms with E-state index < -0.39 is 129 Å². The second-order valence-corrected chi connectivity index (χ2v) is 35.1. The Morgan fingerprint density at radius 3 is 0.904 bits per heavy atom. The van der Waals surface area contributed by atoms with Gasteiger partial charge >= 0.3 is 0 Å². The zero-order valence-corrected chi connectivity index (χ0v) is 73.8. The predicted octanol–water partition coefficient (Wildman–Crippen LogP) is 17.3. The van der Waals surface area contributed by atoms with Gasteiger partial charge in [-0.2, -0.15) is 0 Å². The van der Waals surface area contributed by atoms with E-state index in [9.17, 15) is 15.7 Å². The van der Waals surface area contributed by atoms with E-state index >= 15 is 0 Å². The number of azide groups is 1. The van der Waals surface area contributed by atoms with Crippen molar-refractivity contribution in [2.75, 3.05) is 26.4 Å². The molecule has 14 rings (SSSR count). The Balaban J connectivity index is 0.764. The van der Waals surface area contributed by atoms with Crippen molar-refractivity contribution < 1.29 is 95.5 Å². The van der Waals surface area contributed by atoms with Crippen molar-refractivity contribution in [2.24, 2.45) is 58.4 Å². The number of hydrogen-bond acceptors (Lipinski definition) is 21. The number of benzene rings is 8. The summed E-state index contributed by atoms with van der Waals surface area (Å²) in [6, 6.07) is 78.0. The zero-order chi connectivity index (χ0) is 87.1. The number of aliphatic hydroxyl groups is 2. The maximum absolute atomic E-state index is 12.8. The first-order valence-electron chi connectivity index (χ1n) is 45.0. The Morgan fingerprint density at radius 1 is 0.264 bits per heavy atom. The van der Waals surface area contributed by atoms with Crippen LogP contribution >= 0.6 is 0 Å². The summed E-state index contributed by atoms with van der Waals surface area (Å²) in [5.41, 5.74) is 18.3. The smallest absolute Gasteiger partial charge is 0.185 e. The van der Waals surface area contributed by atoms with Crippen molar-refractivity contribution in [3.8, 4) is 0 Å². The molecule has 0 amide bonds. The van der Waals surface area contributed by atoms with Crippen molar-refractivity contribution in [3.05, 3.63) is 298 Å². The summed E-state index contributed by atoms with van der Waals surface area (Å²) in [5, 5.41) is 29.8. The van der Waals surface area contributed by atoms with E-state index in [2.05, 4.69) is 109 Å². The molecule has 5 heterocycles. The number of hydrogen-bond donors (Lipinski definition) is 2. The average Bonchev–Trinajstić information content (AvgIpc) is 0.765. The molecule has 125 heavy (non-hydrogen) atoms. The van der Waals surface area contributed by atoms with E-state index in [0.29, 0.717) is 26.4 Å². The second-order valence-electron chi connectivity index (χ2n) is 35.1. The van der Waals surface area contributed by atoms with Crippen LogP contribution in [0, 0.1) is 53.3 Å². The molecule has 8 aromatic carbocycles. The minimum Gasteiger partial charge on any atom is -0.387 e. The lowest BCUT2D eigenvalue weighted by Gasteiger charge is -2.52. The third kappa shape index (κ3) is 24.4. The normalized spacial score (nSPS) is 34.4. The van der Waals surface area contributed by atoms with Crippen molar-refractivity contribution in [1.82, 2.24) is 0 Å². The average molecular weight is 1720 g/mol. The van der Waals surface area contributed by atoms with Crippen LogP contribution in [0.25, 0.3) is 10.4 Å². The molecule has 23 nitrogen and oxygen atoms in total. The number of rotatable bonds is 40. The minimum atomic E-state index is -1.67. The molecule has 0 bridgehead atoms. The molecular formula is C102H129N3O20. The molecule has 1 aliphatic carbocycles. The Hall–Kier alpha value is -7.73. The molecular weight excluding hydrogens is 1590 g/mol. The zero-order valence-electron chi connectivity index (χ0n) is 73.8. The molecule has 672 valence electrons. The van der Waals surface area contributed by atoms with Crippen LogP contribution in [-0.2, 0) is 138 Å². The summed E-state index contributed by atoms with van der Waals surface area (Å²) >= 11 is 0. The van der Waals surface area contributed by atoms with E-state index in [0.717, 1.165) is 50.9 Å². The monoisotopic (exact) mass is 1720 g/mol. The molecule has 1 saturated carbocycles. The van der Waals surface area contributed by atoms with Crippen molar-refractivity contribution in [3.63, 3.8) is 0 Å². The Morgan fingerprint density at radius 2 is 0.528 bits per heavy atom. The van der Waals surface area contributed by atoms with Gasteiger partial charge in [-0.05, 0) is 110 Å². The third-order valence-electron chi connectivity index (χ3n) is 26.8. The van der Waals surface area contributed by atoms with Crippen molar-refractivity contribution in [1.29, 1.82) is 0 Å². The van der Waals surface area contributed by atoms with Gasteiger partial charge < -0.3 is 95.5 Å². The second kappa shape index (κ2) is 46.5. The molecule has 5 aliphatic heterocycles. The van der Waals surface area contributed by atoms with Crippen LogP contribution in [0.15, 0.2) is 248 Å². The maximum Gasteiger partial charge on any atom is 0.185 e. The van der Waals surface area contributed by atoms with Gasteiger partial charge in [0.1, 0.15) is 67.1 Å². The predicted molar refractivity (Wildman–Crippen MR) is 470 cm³/mol. The molecule has 6 fully saturated rings. The molecule has 5 saturated heterocycles. The van der Waals surface area contributed by atoms with Crippen LogP contribution in [0.3, 0.4) is 0 Å². The van der Waals surface area contributed by atoms with Crippen molar-refractivity contribution in [2.45, 2.75) is 264 Å². The van der Waals surface area contributed by atoms with Gasteiger partial charge in [-0.15, -0.1) is 0 Å². The summed E-state index contributed by atoms with van der Waals surface area (Å²) in [7, 11) is 0. The standard InChI is InChI=1S/C102H129N3O20/c1-11-81-64(2)70(8)93(124-101-91(112-56-77-44-28-16-29-45-77)68(6)65(3)83(119-101)61-109-53-74-38-22-13-23-39-74)102(117-81)123-92-71(9)67(5)82(60-108-52-73-36-20-12-21-37-73)118-99(92)116-63-84-66(4)69(7)90(111-55-76-42-26-15-27-43-76)100(120-84)122-89-72(10)86(104-105-103)98(121-85(89)62-110-54-75-40-24-14-25-41-75)125-95-88(107)87(106)94(113-57-78-46-30-17-31-47-78)96(114-58-79-48-32-18-33-49-79)97(95)115-59-80-50-34-19-35-51-80/h12-51,64-72,81-102,106-107H,11,52-63H2,1-10H3/t64-,65-,66-,67-,68-,69-,70-,71-,72+,81?,82?,83?,84?,85?,86?,87+,88+,89-,90?,91?,92?,93?,94?,95?,96?,97?,98+,99-,100+,101+,102+/m0/s1. The Bertz CT molecular complexity index is 4450. The molecule has 2 N–H and O–H groups in total. The lowest BCUT2D eigenvalue weighted by Crippen LogP contribution is -2.68. The summed E-state index contributed by atoms with van der Waals surface area (Å²) in [4.78, 5) is 3.45. The van der Waals surface area contributed by atoms with Crippen LogP contribution < -0.4 is 0 Å². The molecule has 23 heteroatoms. The highest BCUT2D eigenvalue weighted by Gasteiger charge is 2.58. The number of aliphatic hydroxyl groups excluding tert-OH is 2. The highest BCUT2D eigenvalue weighted by molar-refractivity contribution is 5.21. The molecule has 0 spiro atoms. The minimum absolute atomic E-state index is 0.00546. The lowest BCUT2D eigenvalue weighted by molar-refractivity contribution is -0.381. The van der Waals surface area contributed by atoms with Crippen LogP contribution in [0.1, 0.15) is 120 Å². The molecule has 0 aromatic heterocycles. The fourth-order valence-corrected chi connectivity index (χ4v) is 18.3. The van der Waals surface area contributed by atoms with Gasteiger partial charge in [0, 0.05) is 4.91 Å². The van der Waals surface area contributed by atoms with Gasteiger partial charge in [0.2, 0.25) is 0 Å². The first-order valence-corrected chi connectivity index (χ1v) is 45.0. The maximum atomic E-state index is 12.8. The van der Waals surface area contributed by atoms with Gasteiger partial charge in [0.05, 0.1) is 116 Å². The Labute approximate surface area is 737 Å². The summed E-state index contributed by atoms with van der Waals surface area (Å²) in [6.07, 6.45) is -18.7. The highest BCUT2D eigenvalue weighted by atomic mass is 16.8. The first-order chi connectivity index (χ1) is 61.0. The van der Waals surface area contributed by atoms with E-state index in [4.69, 9.17) is 85.3 Å². The summed E-state index contributed by atoms with van der Waals surface area (Å²) in [5.74, 6) is -1.55. The van der Waals surface area contributed by atoms with Crippen LogP contribution in [-0.4, -0.2) is 172 Å².